The summed E-state index contributed by atoms with van der Waals surface area (Å²) < 4.78 is 1.65. The van der Waals surface area contributed by atoms with E-state index >= 15 is 0 Å². The molecule has 7 heteroatoms. The zero-order valence-electron chi connectivity index (χ0n) is 11.7. The van der Waals surface area contributed by atoms with Gasteiger partial charge in [0.2, 0.25) is 0 Å². The van der Waals surface area contributed by atoms with Crippen LogP contribution in [0.4, 0.5) is 0 Å². The lowest BCUT2D eigenvalue weighted by molar-refractivity contribution is -0.141. The molecule has 0 radical (unpaired) electrons. The molecule has 0 bridgehead atoms. The fraction of sp³-hybridized carbons (Fsp3) is 0.615. The van der Waals surface area contributed by atoms with Gasteiger partial charge in [-0.1, -0.05) is 6.92 Å². The number of thioether (sulfide) groups is 1. The van der Waals surface area contributed by atoms with Gasteiger partial charge in [0.1, 0.15) is 11.7 Å². The maximum absolute atomic E-state index is 12.6. The van der Waals surface area contributed by atoms with Crippen LogP contribution in [-0.2, 0) is 17.8 Å². The molecule has 1 aliphatic rings. The average molecular weight is 297 g/mol. The molecule has 0 aliphatic carbocycles. The average Bonchev–Trinajstić information content (AvgIpc) is 2.89. The van der Waals surface area contributed by atoms with Crippen molar-refractivity contribution in [3.8, 4) is 0 Å². The van der Waals surface area contributed by atoms with Crippen LogP contribution in [0.2, 0.25) is 0 Å². The molecule has 0 spiro atoms. The molecular weight excluding hydrogens is 278 g/mol. The van der Waals surface area contributed by atoms with Crippen molar-refractivity contribution in [2.75, 3.05) is 18.1 Å². The van der Waals surface area contributed by atoms with Crippen LogP contribution in [0.3, 0.4) is 0 Å². The summed E-state index contributed by atoms with van der Waals surface area (Å²) in [5, 5.41) is 13.6. The summed E-state index contributed by atoms with van der Waals surface area (Å²) in [4.78, 5) is 25.4. The number of rotatable bonds is 4. The zero-order valence-corrected chi connectivity index (χ0v) is 12.5. The lowest BCUT2D eigenvalue weighted by Gasteiger charge is -2.32. The van der Waals surface area contributed by atoms with Crippen molar-refractivity contribution < 1.29 is 14.7 Å². The molecule has 1 atom stereocenters. The number of aliphatic carboxylic acids is 1. The van der Waals surface area contributed by atoms with E-state index in [1.807, 2.05) is 13.8 Å². The Hall–Kier alpha value is -1.50. The Morgan fingerprint density at radius 1 is 1.50 bits per heavy atom. The molecule has 1 amide bonds. The zero-order chi connectivity index (χ0) is 14.7. The molecule has 1 aromatic heterocycles. The third-order valence-corrected chi connectivity index (χ3v) is 4.41. The van der Waals surface area contributed by atoms with E-state index in [0.29, 0.717) is 24.5 Å². The molecule has 110 valence electrons. The molecule has 0 saturated carbocycles. The molecule has 1 saturated heterocycles. The van der Waals surface area contributed by atoms with Crippen molar-refractivity contribution in [2.45, 2.75) is 32.9 Å². The highest BCUT2D eigenvalue weighted by Crippen LogP contribution is 2.20. The minimum absolute atomic E-state index is 0.230. The predicted octanol–water partition coefficient (Wildman–Crippen LogP) is 1.11. The third-order valence-electron chi connectivity index (χ3n) is 3.39. The SMILES string of the molecule is CCc1cc(C(=O)N2CCSCC2C(=O)O)n(CC)n1. The van der Waals surface area contributed by atoms with Crippen molar-refractivity contribution in [2.24, 2.45) is 0 Å². The summed E-state index contributed by atoms with van der Waals surface area (Å²) in [6, 6.07) is 1.03. The van der Waals surface area contributed by atoms with Crippen LogP contribution in [0.5, 0.6) is 0 Å². The van der Waals surface area contributed by atoms with Gasteiger partial charge >= 0.3 is 5.97 Å². The number of aryl methyl sites for hydroxylation is 2. The van der Waals surface area contributed by atoms with Crippen LogP contribution in [0.15, 0.2) is 6.07 Å². The van der Waals surface area contributed by atoms with Crippen LogP contribution in [0.1, 0.15) is 30.0 Å². The highest BCUT2D eigenvalue weighted by molar-refractivity contribution is 7.99. The van der Waals surface area contributed by atoms with E-state index in [4.69, 9.17) is 0 Å². The molecule has 1 unspecified atom stereocenters. The first-order valence-corrected chi connectivity index (χ1v) is 7.92. The lowest BCUT2D eigenvalue weighted by atomic mass is 10.2. The van der Waals surface area contributed by atoms with Crippen LogP contribution in [-0.4, -0.2) is 55.8 Å². The Balaban J connectivity index is 2.29. The standard InChI is InChI=1S/C13H19N3O3S/c1-3-9-7-10(16(4-2)14-9)12(17)15-5-6-20-8-11(15)13(18)19/h7,11H,3-6,8H2,1-2H3,(H,18,19). The first-order valence-electron chi connectivity index (χ1n) is 6.76. The topological polar surface area (TPSA) is 75.4 Å². The number of aromatic nitrogens is 2. The Morgan fingerprint density at radius 2 is 2.25 bits per heavy atom. The number of hydrogen-bond donors (Lipinski definition) is 1. The van der Waals surface area contributed by atoms with Gasteiger partial charge < -0.3 is 10.0 Å². The highest BCUT2D eigenvalue weighted by atomic mass is 32.2. The lowest BCUT2D eigenvalue weighted by Crippen LogP contribution is -2.50. The van der Waals surface area contributed by atoms with Gasteiger partial charge in [0.05, 0.1) is 5.69 Å². The number of carboxylic acids is 1. The Labute approximate surface area is 122 Å². The number of carbonyl (C=O) groups excluding carboxylic acids is 1. The smallest absolute Gasteiger partial charge is 0.327 e. The van der Waals surface area contributed by atoms with E-state index in [2.05, 4.69) is 5.10 Å². The molecule has 2 rings (SSSR count). The first kappa shape index (κ1) is 14.9. The maximum Gasteiger partial charge on any atom is 0.327 e. The number of amides is 1. The predicted molar refractivity (Wildman–Crippen MR) is 77.1 cm³/mol. The van der Waals surface area contributed by atoms with E-state index in [1.54, 1.807) is 22.5 Å². The van der Waals surface area contributed by atoms with Gasteiger partial charge in [-0.2, -0.15) is 16.9 Å². The molecule has 0 aromatic carbocycles. The first-order chi connectivity index (χ1) is 9.58. The maximum atomic E-state index is 12.6. The van der Waals surface area contributed by atoms with Gasteiger partial charge in [0.15, 0.2) is 0 Å². The normalized spacial score (nSPS) is 19.1. The Morgan fingerprint density at radius 3 is 2.85 bits per heavy atom. The number of carbonyl (C=O) groups is 2. The molecule has 1 aliphatic heterocycles. The second kappa shape index (κ2) is 6.30. The van der Waals surface area contributed by atoms with E-state index in [1.165, 1.54) is 4.90 Å². The van der Waals surface area contributed by atoms with Crippen molar-refractivity contribution in [1.29, 1.82) is 0 Å². The number of carboxylic acid groups (broad SMARTS) is 1. The fourth-order valence-electron chi connectivity index (χ4n) is 2.25. The van der Waals surface area contributed by atoms with Gasteiger partial charge in [-0.15, -0.1) is 0 Å². The summed E-state index contributed by atoms with van der Waals surface area (Å²) in [5.41, 5.74) is 1.34. The largest absolute Gasteiger partial charge is 0.480 e. The summed E-state index contributed by atoms with van der Waals surface area (Å²) in [5.74, 6) is 0.0499. The molecular formula is C13H19N3O3S. The van der Waals surface area contributed by atoms with Gasteiger partial charge in [0.25, 0.3) is 5.91 Å². The summed E-state index contributed by atoms with van der Waals surface area (Å²) >= 11 is 1.57. The van der Waals surface area contributed by atoms with Crippen LogP contribution < -0.4 is 0 Å². The van der Waals surface area contributed by atoms with Crippen molar-refractivity contribution >= 4 is 23.6 Å². The highest BCUT2D eigenvalue weighted by Gasteiger charge is 2.34. The fourth-order valence-corrected chi connectivity index (χ4v) is 3.29. The summed E-state index contributed by atoms with van der Waals surface area (Å²) in [6.45, 7) is 4.97. The Bertz CT molecular complexity index is 515. The third kappa shape index (κ3) is 2.82. The minimum Gasteiger partial charge on any atom is -0.480 e. The van der Waals surface area contributed by atoms with Gasteiger partial charge in [-0.25, -0.2) is 4.79 Å². The summed E-state index contributed by atoms with van der Waals surface area (Å²) in [7, 11) is 0. The number of nitrogens with zero attached hydrogens (tertiary/aromatic N) is 3. The second-order valence-electron chi connectivity index (χ2n) is 4.62. The molecule has 1 aromatic rings. The van der Waals surface area contributed by atoms with Gasteiger partial charge in [-0.3, -0.25) is 9.48 Å². The minimum atomic E-state index is -0.941. The van der Waals surface area contributed by atoms with E-state index in [0.717, 1.165) is 17.9 Å². The molecule has 6 nitrogen and oxygen atoms in total. The van der Waals surface area contributed by atoms with E-state index in [-0.39, 0.29) is 5.91 Å². The second-order valence-corrected chi connectivity index (χ2v) is 5.77. The monoisotopic (exact) mass is 297 g/mol. The Kier molecular flexibility index (Phi) is 4.69. The quantitative estimate of drug-likeness (QED) is 0.901. The van der Waals surface area contributed by atoms with Gasteiger partial charge in [-0.05, 0) is 19.4 Å². The van der Waals surface area contributed by atoms with Crippen molar-refractivity contribution in [1.82, 2.24) is 14.7 Å². The van der Waals surface area contributed by atoms with Crippen LogP contribution >= 0.6 is 11.8 Å². The molecule has 2 heterocycles. The van der Waals surface area contributed by atoms with Crippen molar-refractivity contribution in [3.63, 3.8) is 0 Å². The van der Waals surface area contributed by atoms with E-state index in [9.17, 15) is 14.7 Å². The number of hydrogen-bond acceptors (Lipinski definition) is 4. The molecule has 20 heavy (non-hydrogen) atoms. The molecule has 1 N–H and O–H groups in total. The van der Waals surface area contributed by atoms with Gasteiger partial charge in [0, 0.05) is 24.6 Å². The van der Waals surface area contributed by atoms with E-state index < -0.39 is 12.0 Å². The molecule has 1 fully saturated rings. The van der Waals surface area contributed by atoms with Crippen molar-refractivity contribution in [3.05, 3.63) is 17.5 Å². The van der Waals surface area contributed by atoms with Crippen LogP contribution in [0.25, 0.3) is 0 Å². The van der Waals surface area contributed by atoms with Crippen LogP contribution in [0, 0.1) is 0 Å². The summed E-state index contributed by atoms with van der Waals surface area (Å²) in [6.07, 6.45) is 0.755.